The van der Waals surface area contributed by atoms with E-state index < -0.39 is 0 Å². The van der Waals surface area contributed by atoms with Crippen molar-refractivity contribution in [2.24, 2.45) is 7.05 Å². The van der Waals surface area contributed by atoms with Gasteiger partial charge in [-0.15, -0.1) is 0 Å². The molecule has 112 valence electrons. The number of ether oxygens (including phenoxy) is 1. The van der Waals surface area contributed by atoms with Gasteiger partial charge >= 0.3 is 0 Å². The maximum atomic E-state index is 12.4. The minimum atomic E-state index is 0.0481. The van der Waals surface area contributed by atoms with Crippen molar-refractivity contribution in [3.63, 3.8) is 0 Å². The Bertz CT molecular complexity index is 645. The van der Waals surface area contributed by atoms with Crippen LogP contribution >= 0.6 is 0 Å². The average Bonchev–Trinajstić information content (AvgIpc) is 2.52. The van der Waals surface area contributed by atoms with E-state index in [4.69, 9.17) is 4.74 Å². The van der Waals surface area contributed by atoms with Crippen LogP contribution in [-0.4, -0.2) is 18.2 Å². The standard InChI is InChI=1S/C17H22N2O2/c1-4-11-18-12-14-7-10-16(19(2)17(14)20)13-5-8-15(21-3)9-6-13/h5-10,18H,4,11-12H2,1-3H3. The molecule has 0 fully saturated rings. The van der Waals surface area contributed by atoms with Crippen molar-refractivity contribution in [3.05, 3.63) is 52.3 Å². The maximum absolute atomic E-state index is 12.4. The highest BCUT2D eigenvalue weighted by Crippen LogP contribution is 2.21. The van der Waals surface area contributed by atoms with Crippen molar-refractivity contribution in [2.75, 3.05) is 13.7 Å². The van der Waals surface area contributed by atoms with Gasteiger partial charge in [-0.05, 0) is 48.9 Å². The summed E-state index contributed by atoms with van der Waals surface area (Å²) in [5, 5.41) is 3.26. The van der Waals surface area contributed by atoms with Crippen LogP contribution in [0.2, 0.25) is 0 Å². The van der Waals surface area contributed by atoms with E-state index in [-0.39, 0.29) is 5.56 Å². The number of hydrogen-bond donors (Lipinski definition) is 1. The third-order valence-corrected chi connectivity index (χ3v) is 3.51. The summed E-state index contributed by atoms with van der Waals surface area (Å²) in [6, 6.07) is 11.6. The van der Waals surface area contributed by atoms with Crippen molar-refractivity contribution in [2.45, 2.75) is 19.9 Å². The lowest BCUT2D eigenvalue weighted by Crippen LogP contribution is -2.26. The Morgan fingerprint density at radius 3 is 2.48 bits per heavy atom. The van der Waals surface area contributed by atoms with Gasteiger partial charge < -0.3 is 14.6 Å². The number of nitrogens with zero attached hydrogens (tertiary/aromatic N) is 1. The molecule has 0 saturated heterocycles. The molecule has 0 unspecified atom stereocenters. The molecule has 1 N–H and O–H groups in total. The highest BCUT2D eigenvalue weighted by Gasteiger charge is 2.07. The molecule has 2 rings (SSSR count). The van der Waals surface area contributed by atoms with Crippen LogP contribution < -0.4 is 15.6 Å². The van der Waals surface area contributed by atoms with E-state index in [1.807, 2.05) is 43.4 Å². The van der Waals surface area contributed by atoms with E-state index in [0.29, 0.717) is 6.54 Å². The number of benzene rings is 1. The Labute approximate surface area is 125 Å². The molecule has 0 aliphatic rings. The summed E-state index contributed by atoms with van der Waals surface area (Å²) >= 11 is 0. The van der Waals surface area contributed by atoms with E-state index in [9.17, 15) is 4.79 Å². The molecule has 0 atom stereocenters. The Morgan fingerprint density at radius 1 is 1.14 bits per heavy atom. The zero-order valence-corrected chi connectivity index (χ0v) is 12.8. The number of aromatic nitrogens is 1. The normalized spacial score (nSPS) is 10.6. The molecule has 0 bridgehead atoms. The predicted octanol–water partition coefficient (Wildman–Crippen LogP) is 2.56. The maximum Gasteiger partial charge on any atom is 0.255 e. The molecule has 1 aromatic heterocycles. The first-order chi connectivity index (χ1) is 10.2. The van der Waals surface area contributed by atoms with Crippen LogP contribution in [0.5, 0.6) is 5.75 Å². The van der Waals surface area contributed by atoms with E-state index in [1.165, 1.54) is 0 Å². The predicted molar refractivity (Wildman–Crippen MR) is 85.7 cm³/mol. The van der Waals surface area contributed by atoms with E-state index in [0.717, 1.165) is 35.5 Å². The van der Waals surface area contributed by atoms with Crippen molar-refractivity contribution >= 4 is 0 Å². The van der Waals surface area contributed by atoms with Gasteiger partial charge in [-0.3, -0.25) is 4.79 Å². The molecule has 1 aromatic carbocycles. The average molecular weight is 286 g/mol. The van der Waals surface area contributed by atoms with Gasteiger partial charge in [-0.2, -0.15) is 0 Å². The monoisotopic (exact) mass is 286 g/mol. The van der Waals surface area contributed by atoms with Gasteiger partial charge in [-0.1, -0.05) is 13.0 Å². The first-order valence-corrected chi connectivity index (χ1v) is 7.21. The summed E-state index contributed by atoms with van der Waals surface area (Å²) in [5.41, 5.74) is 2.75. The van der Waals surface area contributed by atoms with Crippen LogP contribution in [-0.2, 0) is 13.6 Å². The lowest BCUT2D eigenvalue weighted by Gasteiger charge is -2.11. The smallest absolute Gasteiger partial charge is 0.255 e. The zero-order chi connectivity index (χ0) is 15.2. The fourth-order valence-corrected chi connectivity index (χ4v) is 2.27. The molecule has 0 saturated carbocycles. The van der Waals surface area contributed by atoms with Crippen LogP contribution in [0.1, 0.15) is 18.9 Å². The Kier molecular flexibility index (Phi) is 5.17. The van der Waals surface area contributed by atoms with Crippen LogP contribution in [0, 0.1) is 0 Å². The summed E-state index contributed by atoms with van der Waals surface area (Å²) in [7, 11) is 3.45. The Morgan fingerprint density at radius 2 is 1.86 bits per heavy atom. The highest BCUT2D eigenvalue weighted by atomic mass is 16.5. The SMILES string of the molecule is CCCNCc1ccc(-c2ccc(OC)cc2)n(C)c1=O. The second-order valence-corrected chi connectivity index (χ2v) is 5.01. The quantitative estimate of drug-likeness (QED) is 0.830. The first-order valence-electron chi connectivity index (χ1n) is 7.21. The molecule has 0 aliphatic heterocycles. The molecule has 1 heterocycles. The van der Waals surface area contributed by atoms with Gasteiger partial charge in [0.05, 0.1) is 12.8 Å². The minimum Gasteiger partial charge on any atom is -0.497 e. The molecule has 4 nitrogen and oxygen atoms in total. The third-order valence-electron chi connectivity index (χ3n) is 3.51. The zero-order valence-electron chi connectivity index (χ0n) is 12.8. The molecule has 0 amide bonds. The van der Waals surface area contributed by atoms with Gasteiger partial charge in [-0.25, -0.2) is 0 Å². The van der Waals surface area contributed by atoms with Crippen LogP contribution in [0.15, 0.2) is 41.2 Å². The molecule has 2 aromatic rings. The number of methoxy groups -OCH3 is 1. The Hall–Kier alpha value is -2.07. The summed E-state index contributed by atoms with van der Waals surface area (Å²) in [6.45, 7) is 3.64. The van der Waals surface area contributed by atoms with E-state index >= 15 is 0 Å². The van der Waals surface area contributed by atoms with Gasteiger partial charge in [0, 0.05) is 19.2 Å². The van der Waals surface area contributed by atoms with Gasteiger partial charge in [0.15, 0.2) is 0 Å². The second-order valence-electron chi connectivity index (χ2n) is 5.01. The largest absolute Gasteiger partial charge is 0.497 e. The van der Waals surface area contributed by atoms with Crippen LogP contribution in [0.3, 0.4) is 0 Å². The highest BCUT2D eigenvalue weighted by molar-refractivity contribution is 5.60. The van der Waals surface area contributed by atoms with E-state index in [2.05, 4.69) is 12.2 Å². The molecular weight excluding hydrogens is 264 g/mol. The fourth-order valence-electron chi connectivity index (χ4n) is 2.27. The summed E-state index contributed by atoms with van der Waals surface area (Å²) in [6.07, 6.45) is 1.06. The minimum absolute atomic E-state index is 0.0481. The van der Waals surface area contributed by atoms with Crippen LogP contribution in [0.4, 0.5) is 0 Å². The lowest BCUT2D eigenvalue weighted by atomic mass is 10.1. The summed E-state index contributed by atoms with van der Waals surface area (Å²) in [4.78, 5) is 12.4. The molecule has 4 heteroatoms. The summed E-state index contributed by atoms with van der Waals surface area (Å²) < 4.78 is 6.86. The molecule has 0 spiro atoms. The van der Waals surface area contributed by atoms with Crippen molar-refractivity contribution in [1.29, 1.82) is 0 Å². The van der Waals surface area contributed by atoms with Crippen molar-refractivity contribution < 1.29 is 4.74 Å². The number of nitrogens with one attached hydrogen (secondary N) is 1. The first kappa shape index (κ1) is 15.3. The lowest BCUT2D eigenvalue weighted by molar-refractivity contribution is 0.415. The summed E-state index contributed by atoms with van der Waals surface area (Å²) in [5.74, 6) is 0.809. The molecule has 0 aliphatic carbocycles. The second kappa shape index (κ2) is 7.09. The third kappa shape index (κ3) is 3.52. The van der Waals surface area contributed by atoms with Crippen molar-refractivity contribution in [1.82, 2.24) is 9.88 Å². The number of rotatable bonds is 6. The number of hydrogen-bond acceptors (Lipinski definition) is 3. The molecule has 21 heavy (non-hydrogen) atoms. The van der Waals surface area contributed by atoms with Crippen molar-refractivity contribution in [3.8, 4) is 17.0 Å². The molecular formula is C17H22N2O2. The fraction of sp³-hybridized carbons (Fsp3) is 0.353. The Balaban J connectivity index is 2.29. The number of pyridine rings is 1. The van der Waals surface area contributed by atoms with Gasteiger partial charge in [0.2, 0.25) is 0 Å². The van der Waals surface area contributed by atoms with Gasteiger partial charge in [0.1, 0.15) is 5.75 Å². The van der Waals surface area contributed by atoms with Gasteiger partial charge in [0.25, 0.3) is 5.56 Å². The molecule has 0 radical (unpaired) electrons. The topological polar surface area (TPSA) is 43.3 Å². The van der Waals surface area contributed by atoms with Crippen LogP contribution in [0.25, 0.3) is 11.3 Å². The van der Waals surface area contributed by atoms with E-state index in [1.54, 1.807) is 11.7 Å².